The Morgan fingerprint density at radius 1 is 1.32 bits per heavy atom. The molecule has 0 saturated carbocycles. The summed E-state index contributed by atoms with van der Waals surface area (Å²) in [6, 6.07) is 13.5. The van der Waals surface area contributed by atoms with Gasteiger partial charge in [-0.25, -0.2) is 4.98 Å². The SMILES string of the molecule is COC(=O)C1SC=CC1(OCc1ccccc1C)n1cnc2ccc(Cl)cc21. The van der Waals surface area contributed by atoms with Gasteiger partial charge in [0.05, 0.1) is 31.1 Å². The van der Waals surface area contributed by atoms with Crippen LogP contribution >= 0.6 is 23.4 Å². The van der Waals surface area contributed by atoms with E-state index in [1.807, 2.05) is 59.4 Å². The smallest absolute Gasteiger partial charge is 0.324 e. The molecule has 0 N–H and O–H groups in total. The van der Waals surface area contributed by atoms with Crippen molar-refractivity contribution >= 4 is 40.4 Å². The van der Waals surface area contributed by atoms with E-state index < -0.39 is 11.0 Å². The molecule has 2 aromatic carbocycles. The van der Waals surface area contributed by atoms with Crippen LogP contribution in [0.3, 0.4) is 0 Å². The summed E-state index contributed by atoms with van der Waals surface area (Å²) in [7, 11) is 1.39. The average Bonchev–Trinajstić information content (AvgIpc) is 3.31. The molecule has 0 saturated heterocycles. The first kappa shape index (κ1) is 19.1. The molecule has 0 aliphatic carbocycles. The zero-order valence-corrected chi connectivity index (χ0v) is 17.0. The second kappa shape index (κ2) is 7.62. The summed E-state index contributed by atoms with van der Waals surface area (Å²) in [5.74, 6) is -0.358. The van der Waals surface area contributed by atoms with Gasteiger partial charge in [0, 0.05) is 5.02 Å². The fraction of sp³-hybridized carbons (Fsp3) is 0.238. The van der Waals surface area contributed by atoms with Crippen molar-refractivity contribution in [3.63, 3.8) is 0 Å². The van der Waals surface area contributed by atoms with E-state index in [-0.39, 0.29) is 5.97 Å². The van der Waals surface area contributed by atoms with Crippen molar-refractivity contribution < 1.29 is 14.3 Å². The van der Waals surface area contributed by atoms with E-state index in [1.165, 1.54) is 18.9 Å². The Kier molecular flexibility index (Phi) is 5.19. The lowest BCUT2D eigenvalue weighted by molar-refractivity contribution is -0.151. The van der Waals surface area contributed by atoms with Gasteiger partial charge in [-0.1, -0.05) is 35.9 Å². The predicted octanol–water partition coefficient (Wildman–Crippen LogP) is 4.67. The Bertz CT molecular complexity index is 1060. The Labute approximate surface area is 172 Å². The first-order valence-corrected chi connectivity index (χ1v) is 10.1. The van der Waals surface area contributed by atoms with Crippen LogP contribution in [0.15, 0.2) is 60.3 Å². The first-order valence-electron chi connectivity index (χ1n) is 8.78. The van der Waals surface area contributed by atoms with Crippen molar-refractivity contribution in [1.82, 2.24) is 9.55 Å². The van der Waals surface area contributed by atoms with Gasteiger partial charge in [0.2, 0.25) is 0 Å². The number of aromatic nitrogens is 2. The van der Waals surface area contributed by atoms with Gasteiger partial charge < -0.3 is 9.47 Å². The molecular weight excluding hydrogens is 396 g/mol. The molecular formula is C21H19ClN2O3S. The molecule has 0 spiro atoms. The number of hydrogen-bond acceptors (Lipinski definition) is 5. The fourth-order valence-electron chi connectivity index (χ4n) is 3.36. The van der Waals surface area contributed by atoms with E-state index in [2.05, 4.69) is 4.98 Å². The largest absolute Gasteiger partial charge is 0.468 e. The van der Waals surface area contributed by atoms with Crippen LogP contribution in [0, 0.1) is 6.92 Å². The van der Waals surface area contributed by atoms with Gasteiger partial charge in [-0.05, 0) is 47.7 Å². The van der Waals surface area contributed by atoms with Crippen LogP contribution in [0.25, 0.3) is 11.0 Å². The van der Waals surface area contributed by atoms with Crippen LogP contribution in [0.4, 0.5) is 0 Å². The van der Waals surface area contributed by atoms with E-state index in [9.17, 15) is 4.79 Å². The predicted molar refractivity (Wildman–Crippen MR) is 111 cm³/mol. The molecule has 2 heterocycles. The lowest BCUT2D eigenvalue weighted by Gasteiger charge is -2.34. The van der Waals surface area contributed by atoms with Crippen molar-refractivity contribution in [2.24, 2.45) is 0 Å². The van der Waals surface area contributed by atoms with Gasteiger partial charge in [0.1, 0.15) is 0 Å². The molecule has 7 heteroatoms. The normalized spacial score (nSPS) is 21.3. The highest BCUT2D eigenvalue weighted by atomic mass is 35.5. The second-order valence-electron chi connectivity index (χ2n) is 6.56. The van der Waals surface area contributed by atoms with Gasteiger partial charge >= 0.3 is 5.97 Å². The van der Waals surface area contributed by atoms with Crippen molar-refractivity contribution in [2.45, 2.75) is 24.5 Å². The van der Waals surface area contributed by atoms with Gasteiger partial charge in [-0.15, -0.1) is 11.8 Å². The van der Waals surface area contributed by atoms with Gasteiger partial charge in [-0.3, -0.25) is 9.36 Å². The maximum atomic E-state index is 12.6. The molecule has 2 atom stereocenters. The molecule has 28 heavy (non-hydrogen) atoms. The summed E-state index contributed by atoms with van der Waals surface area (Å²) >= 11 is 7.59. The van der Waals surface area contributed by atoms with Gasteiger partial charge in [0.25, 0.3) is 0 Å². The van der Waals surface area contributed by atoms with E-state index in [0.717, 1.165) is 22.2 Å². The van der Waals surface area contributed by atoms with E-state index in [0.29, 0.717) is 11.6 Å². The monoisotopic (exact) mass is 414 g/mol. The summed E-state index contributed by atoms with van der Waals surface area (Å²) in [5, 5.41) is 1.86. The van der Waals surface area contributed by atoms with Crippen molar-refractivity contribution in [3.8, 4) is 0 Å². The number of fused-ring (bicyclic) bond motifs is 1. The fourth-order valence-corrected chi connectivity index (χ4v) is 4.62. The zero-order valence-electron chi connectivity index (χ0n) is 15.5. The average molecular weight is 415 g/mol. The van der Waals surface area contributed by atoms with Crippen LogP contribution in [-0.4, -0.2) is 27.9 Å². The van der Waals surface area contributed by atoms with Crippen LogP contribution in [0.2, 0.25) is 5.02 Å². The number of halogens is 1. The highest BCUT2D eigenvalue weighted by Gasteiger charge is 2.49. The molecule has 0 amide bonds. The summed E-state index contributed by atoms with van der Waals surface area (Å²) in [6.45, 7) is 2.38. The Morgan fingerprint density at radius 2 is 2.14 bits per heavy atom. The highest BCUT2D eigenvalue weighted by Crippen LogP contribution is 2.43. The highest BCUT2D eigenvalue weighted by molar-refractivity contribution is 8.03. The standard InChI is InChI=1S/C21H19ClN2O3S/c1-14-5-3-4-6-15(14)12-27-21(9-10-28-19(21)20(25)26-2)24-13-23-17-8-7-16(22)11-18(17)24/h3-11,13,19H,12H2,1-2H3. The van der Waals surface area contributed by atoms with E-state index in [1.54, 1.807) is 12.4 Å². The summed E-state index contributed by atoms with van der Waals surface area (Å²) in [4.78, 5) is 17.1. The molecule has 2 unspecified atom stereocenters. The molecule has 4 rings (SSSR count). The van der Waals surface area contributed by atoms with Crippen molar-refractivity contribution in [1.29, 1.82) is 0 Å². The Balaban J connectivity index is 1.82. The number of methoxy groups -OCH3 is 1. The van der Waals surface area contributed by atoms with Crippen molar-refractivity contribution in [2.75, 3.05) is 7.11 Å². The third-order valence-electron chi connectivity index (χ3n) is 4.92. The van der Waals surface area contributed by atoms with Gasteiger partial charge in [-0.2, -0.15) is 0 Å². The van der Waals surface area contributed by atoms with Crippen LogP contribution in [-0.2, 0) is 26.6 Å². The summed E-state index contributed by atoms with van der Waals surface area (Å²) < 4.78 is 13.4. The number of aryl methyl sites for hydroxylation is 1. The quantitative estimate of drug-likeness (QED) is 0.568. The number of thioether (sulfide) groups is 1. The third kappa shape index (κ3) is 3.21. The van der Waals surface area contributed by atoms with E-state index >= 15 is 0 Å². The molecule has 3 aromatic rings. The minimum atomic E-state index is -1.07. The Hall–Kier alpha value is -2.28. The molecule has 0 radical (unpaired) electrons. The Morgan fingerprint density at radius 3 is 2.93 bits per heavy atom. The molecule has 0 bridgehead atoms. The van der Waals surface area contributed by atoms with Crippen LogP contribution in [0.5, 0.6) is 0 Å². The zero-order chi connectivity index (χ0) is 19.7. The minimum Gasteiger partial charge on any atom is -0.468 e. The molecule has 144 valence electrons. The number of carbonyl (C=O) groups is 1. The summed E-state index contributed by atoms with van der Waals surface area (Å²) in [5.41, 5.74) is 2.67. The maximum Gasteiger partial charge on any atom is 0.324 e. The number of imidazole rings is 1. The molecule has 1 aliphatic rings. The lowest BCUT2D eigenvalue weighted by atomic mass is 10.1. The topological polar surface area (TPSA) is 53.4 Å². The number of carbonyl (C=O) groups excluding carboxylic acids is 1. The number of ether oxygens (including phenoxy) is 2. The third-order valence-corrected chi connectivity index (χ3v) is 6.25. The maximum absolute atomic E-state index is 12.6. The number of rotatable bonds is 5. The molecule has 5 nitrogen and oxygen atoms in total. The second-order valence-corrected chi connectivity index (χ2v) is 8.01. The van der Waals surface area contributed by atoms with Crippen LogP contribution < -0.4 is 0 Å². The van der Waals surface area contributed by atoms with E-state index in [4.69, 9.17) is 21.1 Å². The lowest BCUT2D eigenvalue weighted by Crippen LogP contribution is -2.46. The molecule has 1 aromatic heterocycles. The number of nitrogens with zero attached hydrogens (tertiary/aromatic N) is 2. The number of benzene rings is 2. The number of esters is 1. The molecule has 1 aliphatic heterocycles. The summed E-state index contributed by atoms with van der Waals surface area (Å²) in [6.07, 6.45) is 3.57. The number of hydrogen-bond donors (Lipinski definition) is 0. The van der Waals surface area contributed by atoms with Crippen molar-refractivity contribution in [3.05, 3.63) is 76.4 Å². The molecule has 0 fully saturated rings. The van der Waals surface area contributed by atoms with Crippen LogP contribution in [0.1, 0.15) is 11.1 Å². The minimum absolute atomic E-state index is 0.339. The van der Waals surface area contributed by atoms with Gasteiger partial charge in [0.15, 0.2) is 11.0 Å². The first-order chi connectivity index (χ1) is 13.5.